The standard InChI is InChI=1S/C24H35N3O4/c1-24(2,3)31-23(29)27-15-5-7-19-10-12-20(25-22(19)27)11-9-18-13-16-26(17-18)14-6-8-21(28)30-4/h6,8,10,12,18H,5,7,9,11,13-17H2,1-4H3. The molecule has 1 aromatic rings. The molecule has 0 bridgehead atoms. The zero-order valence-corrected chi connectivity index (χ0v) is 19.2. The summed E-state index contributed by atoms with van der Waals surface area (Å²) in [6.45, 7) is 9.14. The highest BCUT2D eigenvalue weighted by atomic mass is 16.6. The normalized spacial score (nSPS) is 19.5. The summed E-state index contributed by atoms with van der Waals surface area (Å²) in [5.74, 6) is 1.07. The Bertz CT molecular complexity index is 816. The molecule has 2 aliphatic heterocycles. The van der Waals surface area contributed by atoms with Gasteiger partial charge < -0.3 is 9.47 Å². The fourth-order valence-electron chi connectivity index (χ4n) is 4.15. The molecule has 170 valence electrons. The summed E-state index contributed by atoms with van der Waals surface area (Å²) in [7, 11) is 1.39. The van der Waals surface area contributed by atoms with Crippen molar-refractivity contribution in [1.82, 2.24) is 9.88 Å². The van der Waals surface area contributed by atoms with E-state index in [4.69, 9.17) is 9.72 Å². The van der Waals surface area contributed by atoms with E-state index < -0.39 is 5.60 Å². The van der Waals surface area contributed by atoms with Crippen molar-refractivity contribution in [2.45, 2.75) is 58.5 Å². The zero-order valence-electron chi connectivity index (χ0n) is 19.2. The molecule has 1 unspecified atom stereocenters. The summed E-state index contributed by atoms with van der Waals surface area (Å²) in [5.41, 5.74) is 1.62. The highest BCUT2D eigenvalue weighted by molar-refractivity contribution is 5.88. The summed E-state index contributed by atoms with van der Waals surface area (Å²) in [5, 5.41) is 0. The Labute approximate surface area is 185 Å². The van der Waals surface area contributed by atoms with Crippen LogP contribution in [0, 0.1) is 5.92 Å². The Morgan fingerprint density at radius 3 is 2.81 bits per heavy atom. The molecule has 1 atom stereocenters. The Morgan fingerprint density at radius 1 is 1.26 bits per heavy atom. The van der Waals surface area contributed by atoms with Gasteiger partial charge in [0.15, 0.2) is 0 Å². The molecule has 0 N–H and O–H groups in total. The van der Waals surface area contributed by atoms with E-state index in [1.54, 1.807) is 4.90 Å². The molecule has 0 aliphatic carbocycles. The van der Waals surface area contributed by atoms with Crippen molar-refractivity contribution in [3.05, 3.63) is 35.5 Å². The smallest absolute Gasteiger partial charge is 0.416 e. The van der Waals surface area contributed by atoms with E-state index in [1.165, 1.54) is 13.2 Å². The second-order valence-corrected chi connectivity index (χ2v) is 9.40. The first-order valence-corrected chi connectivity index (χ1v) is 11.2. The number of carbonyl (C=O) groups is 2. The summed E-state index contributed by atoms with van der Waals surface area (Å²) in [6, 6.07) is 4.22. The van der Waals surface area contributed by atoms with Gasteiger partial charge in [0.2, 0.25) is 0 Å². The predicted molar refractivity (Wildman–Crippen MR) is 120 cm³/mol. The van der Waals surface area contributed by atoms with E-state index in [-0.39, 0.29) is 12.1 Å². The van der Waals surface area contributed by atoms with Gasteiger partial charge in [-0.1, -0.05) is 12.1 Å². The number of esters is 1. The summed E-state index contributed by atoms with van der Waals surface area (Å²) < 4.78 is 10.2. The Morgan fingerprint density at radius 2 is 2.06 bits per heavy atom. The van der Waals surface area contributed by atoms with Gasteiger partial charge >= 0.3 is 12.1 Å². The average Bonchev–Trinajstić information content (AvgIpc) is 3.18. The summed E-state index contributed by atoms with van der Waals surface area (Å²) in [6.07, 6.45) is 8.02. The van der Waals surface area contributed by atoms with Crippen LogP contribution >= 0.6 is 0 Å². The third-order valence-corrected chi connectivity index (χ3v) is 5.71. The van der Waals surface area contributed by atoms with Gasteiger partial charge in [-0.05, 0) is 77.0 Å². The van der Waals surface area contributed by atoms with Gasteiger partial charge in [-0.3, -0.25) is 9.80 Å². The lowest BCUT2D eigenvalue weighted by molar-refractivity contribution is -0.134. The van der Waals surface area contributed by atoms with Crippen LogP contribution in [0.5, 0.6) is 0 Å². The molecule has 31 heavy (non-hydrogen) atoms. The number of methoxy groups -OCH3 is 1. The molecule has 1 amide bonds. The number of anilines is 1. The van der Waals surface area contributed by atoms with Crippen molar-refractivity contribution < 1.29 is 19.1 Å². The topological polar surface area (TPSA) is 72.0 Å². The van der Waals surface area contributed by atoms with Crippen LogP contribution in [0.15, 0.2) is 24.3 Å². The first-order chi connectivity index (χ1) is 14.7. The Kier molecular flexibility index (Phi) is 7.70. The lowest BCUT2D eigenvalue weighted by atomic mass is 10.00. The maximum Gasteiger partial charge on any atom is 0.416 e. The molecule has 0 spiro atoms. The number of likely N-dealkylation sites (tertiary alicyclic amines) is 1. The van der Waals surface area contributed by atoms with Crippen molar-refractivity contribution >= 4 is 17.9 Å². The van der Waals surface area contributed by atoms with Gasteiger partial charge in [0.05, 0.1) is 7.11 Å². The minimum atomic E-state index is -0.521. The number of hydrogen-bond acceptors (Lipinski definition) is 6. The molecule has 1 fully saturated rings. The first-order valence-electron chi connectivity index (χ1n) is 11.2. The lowest BCUT2D eigenvalue weighted by Gasteiger charge is -2.31. The number of fused-ring (bicyclic) bond motifs is 1. The summed E-state index contributed by atoms with van der Waals surface area (Å²) in [4.78, 5) is 32.7. The first kappa shape index (κ1) is 23.3. The number of pyridine rings is 1. The molecule has 7 heteroatoms. The molecule has 3 rings (SSSR count). The lowest BCUT2D eigenvalue weighted by Crippen LogP contribution is -2.40. The van der Waals surface area contributed by atoms with Crippen LogP contribution < -0.4 is 4.90 Å². The van der Waals surface area contributed by atoms with Gasteiger partial charge in [0.25, 0.3) is 0 Å². The van der Waals surface area contributed by atoms with E-state index in [0.29, 0.717) is 12.5 Å². The van der Waals surface area contributed by atoms with Crippen LogP contribution in [-0.2, 0) is 27.1 Å². The average molecular weight is 430 g/mol. The molecular weight excluding hydrogens is 394 g/mol. The monoisotopic (exact) mass is 429 g/mol. The minimum Gasteiger partial charge on any atom is -0.466 e. The van der Waals surface area contributed by atoms with Gasteiger partial charge in [0.1, 0.15) is 11.4 Å². The van der Waals surface area contributed by atoms with E-state index in [2.05, 4.69) is 21.8 Å². The Hall–Kier alpha value is -2.41. The number of amides is 1. The predicted octanol–water partition coefficient (Wildman–Crippen LogP) is 3.75. The number of ether oxygens (including phenoxy) is 2. The van der Waals surface area contributed by atoms with Crippen LogP contribution in [-0.4, -0.2) is 60.8 Å². The van der Waals surface area contributed by atoms with Crippen LogP contribution in [0.1, 0.15) is 51.3 Å². The third kappa shape index (κ3) is 6.79. The second kappa shape index (κ2) is 10.3. The number of rotatable bonds is 6. The van der Waals surface area contributed by atoms with Crippen molar-refractivity contribution in [3.8, 4) is 0 Å². The highest BCUT2D eigenvalue weighted by Gasteiger charge is 2.29. The summed E-state index contributed by atoms with van der Waals surface area (Å²) >= 11 is 0. The largest absolute Gasteiger partial charge is 0.466 e. The van der Waals surface area contributed by atoms with Crippen molar-refractivity contribution in [2.24, 2.45) is 5.92 Å². The molecule has 1 aromatic heterocycles. The molecule has 1 saturated heterocycles. The van der Waals surface area contributed by atoms with E-state index in [1.807, 2.05) is 26.8 Å². The SMILES string of the molecule is COC(=O)C=CCN1CCC(CCc2ccc3c(n2)N(C(=O)OC(C)(C)C)CCC3)C1. The molecule has 2 aliphatic rings. The molecule has 7 nitrogen and oxygen atoms in total. The molecular formula is C24H35N3O4. The van der Waals surface area contributed by atoms with E-state index in [0.717, 1.165) is 68.8 Å². The molecule has 0 saturated carbocycles. The van der Waals surface area contributed by atoms with Gasteiger partial charge in [0, 0.05) is 31.4 Å². The quantitative estimate of drug-likeness (QED) is 0.507. The van der Waals surface area contributed by atoms with Gasteiger partial charge in [-0.15, -0.1) is 0 Å². The number of aromatic nitrogens is 1. The van der Waals surface area contributed by atoms with Gasteiger partial charge in [-0.25, -0.2) is 14.6 Å². The molecule has 0 aromatic carbocycles. The number of aryl methyl sites for hydroxylation is 2. The van der Waals surface area contributed by atoms with Crippen LogP contribution in [0.4, 0.5) is 10.6 Å². The Balaban J connectivity index is 1.55. The highest BCUT2D eigenvalue weighted by Crippen LogP contribution is 2.28. The van der Waals surface area contributed by atoms with Crippen LogP contribution in [0.25, 0.3) is 0 Å². The maximum absolute atomic E-state index is 12.7. The van der Waals surface area contributed by atoms with Crippen LogP contribution in [0.3, 0.4) is 0 Å². The molecule has 3 heterocycles. The number of nitrogens with zero attached hydrogens (tertiary/aromatic N) is 3. The van der Waals surface area contributed by atoms with Gasteiger partial charge in [-0.2, -0.15) is 0 Å². The number of hydrogen-bond donors (Lipinski definition) is 0. The van der Waals surface area contributed by atoms with E-state index >= 15 is 0 Å². The van der Waals surface area contributed by atoms with Crippen molar-refractivity contribution in [3.63, 3.8) is 0 Å². The molecule has 0 radical (unpaired) electrons. The van der Waals surface area contributed by atoms with Crippen molar-refractivity contribution in [2.75, 3.05) is 38.2 Å². The fraction of sp³-hybridized carbons (Fsp3) is 0.625. The number of carbonyl (C=O) groups excluding carboxylic acids is 2. The second-order valence-electron chi connectivity index (χ2n) is 9.40. The van der Waals surface area contributed by atoms with Crippen molar-refractivity contribution in [1.29, 1.82) is 0 Å². The minimum absolute atomic E-state index is 0.311. The zero-order chi connectivity index (χ0) is 22.4. The fourth-order valence-corrected chi connectivity index (χ4v) is 4.15. The third-order valence-electron chi connectivity index (χ3n) is 5.71. The maximum atomic E-state index is 12.7. The van der Waals surface area contributed by atoms with E-state index in [9.17, 15) is 9.59 Å². The van der Waals surface area contributed by atoms with Crippen LogP contribution in [0.2, 0.25) is 0 Å².